The molecule has 0 saturated heterocycles. The van der Waals surface area contributed by atoms with E-state index in [2.05, 4.69) is 20.8 Å². The summed E-state index contributed by atoms with van der Waals surface area (Å²) >= 11 is 0. The van der Waals surface area contributed by atoms with Gasteiger partial charge in [-0.2, -0.15) is 0 Å². The lowest BCUT2D eigenvalue weighted by atomic mass is 10.1. The number of hydrogen-bond donors (Lipinski definition) is 2. The molecule has 1 amide bonds. The van der Waals surface area contributed by atoms with Crippen molar-refractivity contribution in [1.29, 1.82) is 0 Å². The minimum atomic E-state index is -0.155. The predicted octanol–water partition coefficient (Wildman–Crippen LogP) is 4.72. The van der Waals surface area contributed by atoms with Crippen molar-refractivity contribution in [2.24, 2.45) is 0 Å². The maximum absolute atomic E-state index is 12.3. The highest BCUT2D eigenvalue weighted by Gasteiger charge is 2.07. The number of furan rings is 1. The number of nitrogens with zero attached hydrogens (tertiary/aromatic N) is 2. The number of carbonyl (C=O) groups excluding carboxylic acids is 1. The summed E-state index contributed by atoms with van der Waals surface area (Å²) in [7, 11) is 0. The molecule has 0 atom stereocenters. The maximum atomic E-state index is 12.3. The molecule has 2 aromatic carbocycles. The van der Waals surface area contributed by atoms with E-state index in [4.69, 9.17) is 4.42 Å². The first-order valence-electron chi connectivity index (χ1n) is 9.27. The van der Waals surface area contributed by atoms with Gasteiger partial charge in [0.1, 0.15) is 11.5 Å². The Balaban J connectivity index is 1.36. The van der Waals surface area contributed by atoms with Crippen LogP contribution in [0.3, 0.4) is 0 Å². The second-order valence-electron chi connectivity index (χ2n) is 6.57. The first-order valence-corrected chi connectivity index (χ1v) is 9.27. The summed E-state index contributed by atoms with van der Waals surface area (Å²) in [5.41, 5.74) is 3.23. The molecule has 6 heteroatoms. The molecular formula is C23H20N4O2. The second-order valence-corrected chi connectivity index (χ2v) is 6.57. The molecule has 0 spiro atoms. The van der Waals surface area contributed by atoms with Crippen LogP contribution in [0.4, 0.5) is 11.5 Å². The van der Waals surface area contributed by atoms with Gasteiger partial charge in [0, 0.05) is 16.8 Å². The number of carbonyl (C=O) groups is 1. The molecule has 2 heterocycles. The van der Waals surface area contributed by atoms with E-state index in [-0.39, 0.29) is 5.91 Å². The van der Waals surface area contributed by atoms with Crippen molar-refractivity contribution in [3.8, 4) is 11.3 Å². The summed E-state index contributed by atoms with van der Waals surface area (Å²) in [5, 5.41) is 14.5. The minimum Gasteiger partial charge on any atom is -0.465 e. The van der Waals surface area contributed by atoms with Crippen molar-refractivity contribution < 1.29 is 9.21 Å². The zero-order valence-corrected chi connectivity index (χ0v) is 15.9. The minimum absolute atomic E-state index is 0.155. The van der Waals surface area contributed by atoms with Crippen LogP contribution in [0.2, 0.25) is 0 Å². The predicted molar refractivity (Wildman–Crippen MR) is 112 cm³/mol. The van der Waals surface area contributed by atoms with E-state index in [0.717, 1.165) is 28.5 Å². The lowest BCUT2D eigenvalue weighted by molar-refractivity contribution is 0.0948. The standard InChI is InChI=1S/C23H20N4O2/c1-16-7-12-20(29-16)15-24-23(28)18-8-10-19(11-9-18)25-22-14-13-21(26-27-22)17-5-3-2-4-6-17/h2-14H,15H2,1H3,(H,24,28)(H,25,27). The van der Waals surface area contributed by atoms with Crippen molar-refractivity contribution >= 4 is 17.4 Å². The van der Waals surface area contributed by atoms with Crippen LogP contribution in [-0.2, 0) is 6.54 Å². The van der Waals surface area contributed by atoms with Crippen molar-refractivity contribution in [2.45, 2.75) is 13.5 Å². The summed E-state index contributed by atoms with van der Waals surface area (Å²) < 4.78 is 5.45. The summed E-state index contributed by atoms with van der Waals surface area (Å²) in [4.78, 5) is 12.3. The smallest absolute Gasteiger partial charge is 0.251 e. The quantitative estimate of drug-likeness (QED) is 0.503. The number of hydrogen-bond acceptors (Lipinski definition) is 5. The molecule has 4 aromatic rings. The largest absolute Gasteiger partial charge is 0.465 e. The molecule has 0 aliphatic heterocycles. The summed E-state index contributed by atoms with van der Waals surface area (Å²) in [5.74, 6) is 2.03. The molecule has 29 heavy (non-hydrogen) atoms. The van der Waals surface area contributed by atoms with E-state index >= 15 is 0 Å². The first-order chi connectivity index (χ1) is 14.2. The molecule has 0 fully saturated rings. The van der Waals surface area contributed by atoms with E-state index in [9.17, 15) is 4.79 Å². The fourth-order valence-electron chi connectivity index (χ4n) is 2.86. The van der Waals surface area contributed by atoms with E-state index in [1.54, 1.807) is 12.1 Å². The van der Waals surface area contributed by atoms with Gasteiger partial charge in [0.15, 0.2) is 5.82 Å². The van der Waals surface area contributed by atoms with Crippen LogP contribution >= 0.6 is 0 Å². The first kappa shape index (κ1) is 18.4. The molecule has 0 aliphatic carbocycles. The van der Waals surface area contributed by atoms with Crippen molar-refractivity contribution in [3.05, 3.63) is 95.9 Å². The van der Waals surface area contributed by atoms with Gasteiger partial charge in [-0.15, -0.1) is 10.2 Å². The van der Waals surface area contributed by atoms with Gasteiger partial charge in [0.25, 0.3) is 5.91 Å². The zero-order valence-electron chi connectivity index (χ0n) is 15.9. The van der Waals surface area contributed by atoms with E-state index in [1.807, 2.05) is 73.7 Å². The van der Waals surface area contributed by atoms with Gasteiger partial charge >= 0.3 is 0 Å². The second kappa shape index (κ2) is 8.39. The Morgan fingerprint density at radius 3 is 2.34 bits per heavy atom. The summed E-state index contributed by atoms with van der Waals surface area (Å²) in [6.07, 6.45) is 0. The highest BCUT2D eigenvalue weighted by Crippen LogP contribution is 2.19. The lowest BCUT2D eigenvalue weighted by Gasteiger charge is -2.07. The van der Waals surface area contributed by atoms with Crippen LogP contribution in [0.1, 0.15) is 21.9 Å². The topological polar surface area (TPSA) is 80.0 Å². The third-order valence-electron chi connectivity index (χ3n) is 4.37. The fourth-order valence-corrected chi connectivity index (χ4v) is 2.86. The van der Waals surface area contributed by atoms with E-state index in [1.165, 1.54) is 0 Å². The van der Waals surface area contributed by atoms with E-state index < -0.39 is 0 Å². The Labute approximate surface area is 168 Å². The van der Waals surface area contributed by atoms with Crippen molar-refractivity contribution in [2.75, 3.05) is 5.32 Å². The van der Waals surface area contributed by atoms with Crippen LogP contribution in [0.5, 0.6) is 0 Å². The molecule has 0 saturated carbocycles. The number of anilines is 2. The fraction of sp³-hybridized carbons (Fsp3) is 0.0870. The SMILES string of the molecule is Cc1ccc(CNC(=O)c2ccc(Nc3ccc(-c4ccccc4)nn3)cc2)o1. The highest BCUT2D eigenvalue weighted by atomic mass is 16.3. The third-order valence-corrected chi connectivity index (χ3v) is 4.37. The zero-order chi connectivity index (χ0) is 20.1. The Morgan fingerprint density at radius 2 is 1.69 bits per heavy atom. The van der Waals surface area contributed by atoms with Gasteiger partial charge < -0.3 is 15.1 Å². The van der Waals surface area contributed by atoms with Crippen molar-refractivity contribution in [1.82, 2.24) is 15.5 Å². The average molecular weight is 384 g/mol. The number of benzene rings is 2. The molecule has 0 unspecified atom stereocenters. The molecule has 6 nitrogen and oxygen atoms in total. The van der Waals surface area contributed by atoms with Crippen LogP contribution in [0.25, 0.3) is 11.3 Å². The molecule has 0 radical (unpaired) electrons. The van der Waals surface area contributed by atoms with Crippen LogP contribution in [0, 0.1) is 6.92 Å². The number of aromatic nitrogens is 2. The Morgan fingerprint density at radius 1 is 0.897 bits per heavy atom. The number of aryl methyl sites for hydroxylation is 1. The Hall–Kier alpha value is -3.93. The van der Waals surface area contributed by atoms with Gasteiger partial charge in [-0.1, -0.05) is 30.3 Å². The van der Waals surface area contributed by atoms with Gasteiger partial charge in [-0.25, -0.2) is 0 Å². The van der Waals surface area contributed by atoms with Gasteiger partial charge in [0.05, 0.1) is 12.2 Å². The number of amides is 1. The molecule has 4 rings (SSSR count). The third kappa shape index (κ3) is 4.68. The number of rotatable bonds is 6. The molecule has 0 bridgehead atoms. The van der Waals surface area contributed by atoms with E-state index in [0.29, 0.717) is 17.9 Å². The lowest BCUT2D eigenvalue weighted by Crippen LogP contribution is -2.22. The molecule has 2 aromatic heterocycles. The van der Waals surface area contributed by atoms with Crippen LogP contribution in [-0.4, -0.2) is 16.1 Å². The van der Waals surface area contributed by atoms with Gasteiger partial charge in [0.2, 0.25) is 0 Å². The molecular weight excluding hydrogens is 364 g/mol. The van der Waals surface area contributed by atoms with Gasteiger partial charge in [-0.05, 0) is 55.5 Å². The monoisotopic (exact) mass is 384 g/mol. The number of nitrogens with one attached hydrogen (secondary N) is 2. The van der Waals surface area contributed by atoms with Crippen molar-refractivity contribution in [3.63, 3.8) is 0 Å². The Bertz CT molecular complexity index is 1090. The summed E-state index contributed by atoms with van der Waals surface area (Å²) in [6, 6.07) is 24.6. The normalized spacial score (nSPS) is 10.5. The van der Waals surface area contributed by atoms with Crippen LogP contribution < -0.4 is 10.6 Å². The maximum Gasteiger partial charge on any atom is 0.251 e. The molecule has 2 N–H and O–H groups in total. The molecule has 0 aliphatic rings. The van der Waals surface area contributed by atoms with Crippen LogP contribution in [0.15, 0.2) is 83.3 Å². The van der Waals surface area contributed by atoms with Gasteiger partial charge in [-0.3, -0.25) is 4.79 Å². The Kier molecular flexibility index (Phi) is 5.33. The average Bonchev–Trinajstić information content (AvgIpc) is 3.19. The summed E-state index contributed by atoms with van der Waals surface area (Å²) in [6.45, 7) is 2.23. The highest BCUT2D eigenvalue weighted by molar-refractivity contribution is 5.94. The molecule has 144 valence electrons.